The van der Waals surface area contributed by atoms with E-state index in [0.29, 0.717) is 15.6 Å². The highest BCUT2D eigenvalue weighted by Gasteiger charge is 2.13. The average Bonchev–Trinajstić information content (AvgIpc) is 3.04. The molecule has 0 fully saturated rings. The lowest BCUT2D eigenvalue weighted by molar-refractivity contribution is -0.115. The van der Waals surface area contributed by atoms with Crippen LogP contribution in [0, 0.1) is 0 Å². The molecule has 2 aromatic carbocycles. The molecule has 3 aromatic rings. The van der Waals surface area contributed by atoms with Crippen molar-refractivity contribution in [1.29, 1.82) is 0 Å². The molecule has 8 heteroatoms. The van der Waals surface area contributed by atoms with Crippen LogP contribution in [0.15, 0.2) is 51.8 Å². The topological polar surface area (TPSA) is 68.0 Å². The van der Waals surface area contributed by atoms with Crippen molar-refractivity contribution in [2.24, 2.45) is 0 Å². The van der Waals surface area contributed by atoms with Crippen LogP contribution in [0.25, 0.3) is 11.5 Å². The molecule has 1 heterocycles. The number of thioether (sulfide) groups is 1. The molecule has 0 aliphatic rings. The molecular weight excluding hydrogens is 393 g/mol. The number of rotatable bonds is 6. The van der Waals surface area contributed by atoms with Crippen LogP contribution in [0.5, 0.6) is 0 Å². The number of nitrogens with one attached hydrogen (secondary N) is 1. The van der Waals surface area contributed by atoms with E-state index in [-0.39, 0.29) is 24.2 Å². The lowest BCUT2D eigenvalue weighted by Gasteiger charge is -2.03. The molecule has 0 aliphatic heterocycles. The maximum Gasteiger partial charge on any atom is 0.322 e. The van der Waals surface area contributed by atoms with Crippen molar-refractivity contribution in [1.82, 2.24) is 10.2 Å². The fourth-order valence-electron chi connectivity index (χ4n) is 2.29. The SMILES string of the molecule is CCSc1ccc(CC(=O)Nc2nnc(-c3cc(Cl)cc(Cl)c3)o2)cc1. The molecule has 0 atom stereocenters. The Hall–Kier alpha value is -2.02. The summed E-state index contributed by atoms with van der Waals surface area (Å²) in [5.74, 6) is 1.00. The van der Waals surface area contributed by atoms with E-state index in [1.165, 1.54) is 4.90 Å². The summed E-state index contributed by atoms with van der Waals surface area (Å²) in [7, 11) is 0. The summed E-state index contributed by atoms with van der Waals surface area (Å²) in [6.45, 7) is 2.10. The van der Waals surface area contributed by atoms with Crippen LogP contribution in [0.3, 0.4) is 0 Å². The predicted octanol–water partition coefficient (Wildman–Crippen LogP) is 5.34. The Bertz CT molecular complexity index is 893. The first kappa shape index (κ1) is 18.8. The van der Waals surface area contributed by atoms with Crippen molar-refractivity contribution in [3.05, 3.63) is 58.1 Å². The second-order valence-electron chi connectivity index (χ2n) is 5.37. The van der Waals surface area contributed by atoms with Crippen molar-refractivity contribution >= 4 is 46.9 Å². The highest BCUT2D eigenvalue weighted by Crippen LogP contribution is 2.27. The molecule has 3 rings (SSSR count). The van der Waals surface area contributed by atoms with Gasteiger partial charge in [0.05, 0.1) is 6.42 Å². The van der Waals surface area contributed by atoms with Crippen LogP contribution in [0.4, 0.5) is 6.01 Å². The average molecular weight is 408 g/mol. The Morgan fingerprint density at radius 2 is 1.81 bits per heavy atom. The normalized spacial score (nSPS) is 10.7. The molecule has 26 heavy (non-hydrogen) atoms. The fraction of sp³-hybridized carbons (Fsp3) is 0.167. The van der Waals surface area contributed by atoms with Gasteiger partial charge in [-0.05, 0) is 41.6 Å². The number of hydrogen-bond acceptors (Lipinski definition) is 5. The molecule has 1 N–H and O–H groups in total. The Morgan fingerprint density at radius 3 is 2.46 bits per heavy atom. The van der Waals surface area contributed by atoms with Crippen molar-refractivity contribution in [3.63, 3.8) is 0 Å². The van der Waals surface area contributed by atoms with Gasteiger partial charge in [0, 0.05) is 20.5 Å². The molecule has 5 nitrogen and oxygen atoms in total. The molecular formula is C18H15Cl2N3O2S. The van der Waals surface area contributed by atoms with Crippen molar-refractivity contribution < 1.29 is 9.21 Å². The number of aromatic nitrogens is 2. The van der Waals surface area contributed by atoms with Crippen LogP contribution in [-0.2, 0) is 11.2 Å². The first-order valence-corrected chi connectivity index (χ1v) is 9.59. The largest absolute Gasteiger partial charge is 0.403 e. The Morgan fingerprint density at radius 1 is 1.12 bits per heavy atom. The van der Waals surface area contributed by atoms with E-state index in [0.717, 1.165) is 11.3 Å². The summed E-state index contributed by atoms with van der Waals surface area (Å²) < 4.78 is 5.46. The summed E-state index contributed by atoms with van der Waals surface area (Å²) in [4.78, 5) is 13.3. The van der Waals surface area contributed by atoms with Gasteiger partial charge in [-0.2, -0.15) is 0 Å². The number of amides is 1. The zero-order chi connectivity index (χ0) is 18.5. The molecule has 0 saturated heterocycles. The smallest absolute Gasteiger partial charge is 0.322 e. The quantitative estimate of drug-likeness (QED) is 0.558. The lowest BCUT2D eigenvalue weighted by atomic mass is 10.1. The minimum absolute atomic E-state index is 0.0271. The minimum Gasteiger partial charge on any atom is -0.403 e. The second-order valence-corrected chi connectivity index (χ2v) is 7.58. The van der Waals surface area contributed by atoms with Gasteiger partial charge in [0.15, 0.2) is 0 Å². The molecule has 0 saturated carbocycles. The summed E-state index contributed by atoms with van der Waals surface area (Å²) in [6, 6.07) is 12.8. The molecule has 134 valence electrons. The molecule has 0 radical (unpaired) electrons. The monoisotopic (exact) mass is 407 g/mol. The summed E-state index contributed by atoms with van der Waals surface area (Å²) in [5, 5.41) is 11.3. The minimum atomic E-state index is -0.236. The third kappa shape index (κ3) is 5.00. The summed E-state index contributed by atoms with van der Waals surface area (Å²) in [5.41, 5.74) is 1.49. The van der Waals surface area contributed by atoms with Crippen LogP contribution in [-0.4, -0.2) is 21.9 Å². The third-order valence-electron chi connectivity index (χ3n) is 3.38. The van der Waals surface area contributed by atoms with Gasteiger partial charge in [-0.25, -0.2) is 0 Å². The van der Waals surface area contributed by atoms with Gasteiger partial charge < -0.3 is 4.42 Å². The first-order valence-electron chi connectivity index (χ1n) is 7.85. The second kappa shape index (κ2) is 8.58. The van der Waals surface area contributed by atoms with Gasteiger partial charge in [-0.3, -0.25) is 10.1 Å². The summed E-state index contributed by atoms with van der Waals surface area (Å²) in [6.07, 6.45) is 0.220. The number of halogens is 2. The molecule has 1 aromatic heterocycles. The van der Waals surface area contributed by atoms with Crippen molar-refractivity contribution in [2.75, 3.05) is 11.1 Å². The van der Waals surface area contributed by atoms with Gasteiger partial charge in [-0.15, -0.1) is 16.9 Å². The number of carbonyl (C=O) groups excluding carboxylic acids is 1. The van der Waals surface area contributed by atoms with Crippen LogP contribution >= 0.6 is 35.0 Å². The number of carbonyl (C=O) groups is 1. The number of nitrogens with zero attached hydrogens (tertiary/aromatic N) is 2. The molecule has 1 amide bonds. The van der Waals surface area contributed by atoms with E-state index in [1.54, 1.807) is 30.0 Å². The highest BCUT2D eigenvalue weighted by atomic mass is 35.5. The molecule has 0 spiro atoms. The summed E-state index contributed by atoms with van der Waals surface area (Å²) >= 11 is 13.7. The molecule has 0 bridgehead atoms. The van der Waals surface area contributed by atoms with Crippen LogP contribution in [0.2, 0.25) is 10.0 Å². The zero-order valence-corrected chi connectivity index (χ0v) is 16.2. The zero-order valence-electron chi connectivity index (χ0n) is 13.8. The Labute approximate surface area is 165 Å². The van der Waals surface area contributed by atoms with Crippen molar-refractivity contribution in [3.8, 4) is 11.5 Å². The van der Waals surface area contributed by atoms with E-state index in [4.69, 9.17) is 27.6 Å². The van der Waals surface area contributed by atoms with Gasteiger partial charge >= 0.3 is 6.01 Å². The number of hydrogen-bond donors (Lipinski definition) is 1. The highest BCUT2D eigenvalue weighted by molar-refractivity contribution is 7.99. The third-order valence-corrected chi connectivity index (χ3v) is 4.71. The van der Waals surface area contributed by atoms with Gasteiger partial charge in [0.25, 0.3) is 0 Å². The maximum absolute atomic E-state index is 12.2. The standard InChI is InChI=1S/C18H15Cl2N3O2S/c1-2-26-15-5-3-11(4-6-15)7-16(24)21-18-23-22-17(25-18)12-8-13(19)10-14(20)9-12/h3-6,8-10H,2,7H2,1H3,(H,21,23,24). The van der Waals surface area contributed by atoms with Gasteiger partial charge in [-0.1, -0.05) is 47.4 Å². The van der Waals surface area contributed by atoms with Crippen LogP contribution < -0.4 is 5.32 Å². The fourth-order valence-corrected chi connectivity index (χ4v) is 3.47. The maximum atomic E-state index is 12.2. The Kier molecular flexibility index (Phi) is 6.19. The van der Waals surface area contributed by atoms with E-state index < -0.39 is 0 Å². The van der Waals surface area contributed by atoms with E-state index in [1.807, 2.05) is 24.3 Å². The first-order chi connectivity index (χ1) is 12.5. The van der Waals surface area contributed by atoms with Crippen molar-refractivity contribution in [2.45, 2.75) is 18.2 Å². The van der Waals surface area contributed by atoms with E-state index in [9.17, 15) is 4.79 Å². The van der Waals surface area contributed by atoms with Gasteiger partial charge in [0.2, 0.25) is 11.8 Å². The number of benzene rings is 2. The molecule has 0 unspecified atom stereocenters. The number of anilines is 1. The molecule has 0 aliphatic carbocycles. The van der Waals surface area contributed by atoms with E-state index in [2.05, 4.69) is 22.4 Å². The van der Waals surface area contributed by atoms with E-state index >= 15 is 0 Å². The predicted molar refractivity (Wildman–Crippen MR) is 105 cm³/mol. The van der Waals surface area contributed by atoms with Gasteiger partial charge in [0.1, 0.15) is 0 Å². The Balaban J connectivity index is 1.64. The lowest BCUT2D eigenvalue weighted by Crippen LogP contribution is -2.14. The van der Waals surface area contributed by atoms with Crippen LogP contribution in [0.1, 0.15) is 12.5 Å².